The van der Waals surface area contributed by atoms with Gasteiger partial charge >= 0.3 is 0 Å². The summed E-state index contributed by atoms with van der Waals surface area (Å²) in [4.78, 5) is 24.8. The van der Waals surface area contributed by atoms with Crippen LogP contribution in [0.5, 0.6) is 0 Å². The summed E-state index contributed by atoms with van der Waals surface area (Å²) in [6.45, 7) is 4.30. The predicted molar refractivity (Wildman–Crippen MR) is 66.6 cm³/mol. The highest BCUT2D eigenvalue weighted by molar-refractivity contribution is 14.1. The van der Waals surface area contributed by atoms with E-state index in [4.69, 9.17) is 5.73 Å². The Morgan fingerprint density at radius 1 is 1.73 bits per heavy atom. The lowest BCUT2D eigenvalue weighted by Crippen LogP contribution is -2.55. The van der Waals surface area contributed by atoms with E-state index in [1.54, 1.807) is 11.8 Å². The molecule has 86 valence electrons. The average Bonchev–Trinajstić information content (AvgIpc) is 2.58. The maximum Gasteiger partial charge on any atom is 0.243 e. The van der Waals surface area contributed by atoms with Crippen LogP contribution in [0, 0.1) is 5.92 Å². The molecule has 1 aliphatic heterocycles. The van der Waals surface area contributed by atoms with Crippen molar-refractivity contribution in [2.75, 3.05) is 11.0 Å². The van der Waals surface area contributed by atoms with Crippen LogP contribution >= 0.6 is 22.6 Å². The summed E-state index contributed by atoms with van der Waals surface area (Å²) in [5, 5.41) is 0. The number of nitrogens with zero attached hydrogens (tertiary/aromatic N) is 1. The highest BCUT2D eigenvalue weighted by Gasteiger charge is 2.43. The van der Waals surface area contributed by atoms with Crippen molar-refractivity contribution in [1.82, 2.24) is 4.90 Å². The molecule has 2 N–H and O–H groups in total. The molecular formula is C10H17IN2O2. The molecule has 1 aliphatic rings. The fraction of sp³-hybridized carbons (Fsp3) is 0.800. The number of carbonyl (C=O) groups excluding carboxylic acids is 2. The van der Waals surface area contributed by atoms with Gasteiger partial charge < -0.3 is 10.6 Å². The van der Waals surface area contributed by atoms with E-state index in [0.29, 0.717) is 25.3 Å². The molecule has 4 nitrogen and oxygen atoms in total. The van der Waals surface area contributed by atoms with E-state index in [1.165, 1.54) is 0 Å². The molecule has 0 aromatic carbocycles. The molecule has 1 heterocycles. The molecule has 0 bridgehead atoms. The second-order valence-electron chi connectivity index (χ2n) is 4.22. The third-order valence-corrected chi connectivity index (χ3v) is 4.48. The molecule has 0 aliphatic carbocycles. The maximum absolute atomic E-state index is 11.8. The second kappa shape index (κ2) is 4.67. The van der Waals surface area contributed by atoms with E-state index in [0.717, 1.165) is 4.43 Å². The van der Waals surface area contributed by atoms with Gasteiger partial charge in [0.25, 0.3) is 0 Å². The minimum atomic E-state index is -0.808. The Morgan fingerprint density at radius 2 is 2.33 bits per heavy atom. The van der Waals surface area contributed by atoms with Crippen LogP contribution in [0.1, 0.15) is 26.7 Å². The van der Waals surface area contributed by atoms with Crippen molar-refractivity contribution in [1.29, 1.82) is 0 Å². The summed E-state index contributed by atoms with van der Waals surface area (Å²) in [7, 11) is 0. The summed E-state index contributed by atoms with van der Waals surface area (Å²) in [5.74, 6) is 0.00981. The lowest BCUT2D eigenvalue weighted by atomic mass is 9.96. The Morgan fingerprint density at radius 3 is 2.67 bits per heavy atom. The van der Waals surface area contributed by atoms with Gasteiger partial charge in [0.2, 0.25) is 11.8 Å². The smallest absolute Gasteiger partial charge is 0.243 e. The van der Waals surface area contributed by atoms with Gasteiger partial charge in [-0.3, -0.25) is 9.59 Å². The van der Waals surface area contributed by atoms with Gasteiger partial charge in [-0.2, -0.15) is 0 Å². The fourth-order valence-electron chi connectivity index (χ4n) is 1.86. The molecule has 0 saturated carbocycles. The van der Waals surface area contributed by atoms with E-state index in [1.807, 2.05) is 6.92 Å². The molecule has 2 atom stereocenters. The van der Waals surface area contributed by atoms with Crippen LogP contribution in [0.25, 0.3) is 0 Å². The molecule has 0 aromatic rings. The zero-order valence-electron chi connectivity index (χ0n) is 9.12. The van der Waals surface area contributed by atoms with Gasteiger partial charge in [0, 0.05) is 17.4 Å². The van der Waals surface area contributed by atoms with Crippen LogP contribution in [-0.2, 0) is 9.59 Å². The first kappa shape index (κ1) is 12.7. The van der Waals surface area contributed by atoms with Crippen LogP contribution in [-0.4, -0.2) is 33.2 Å². The number of primary amides is 1. The number of carbonyl (C=O) groups is 2. The number of nitrogens with two attached hydrogens (primary N) is 1. The summed E-state index contributed by atoms with van der Waals surface area (Å²) in [5.41, 5.74) is 4.57. The van der Waals surface area contributed by atoms with Crippen molar-refractivity contribution in [3.05, 3.63) is 0 Å². The van der Waals surface area contributed by atoms with Crippen LogP contribution in [0.15, 0.2) is 0 Å². The van der Waals surface area contributed by atoms with Crippen molar-refractivity contribution >= 4 is 34.4 Å². The van der Waals surface area contributed by atoms with Crippen LogP contribution in [0.4, 0.5) is 0 Å². The number of alkyl halides is 1. The van der Waals surface area contributed by atoms with Gasteiger partial charge in [-0.15, -0.1) is 0 Å². The Hall–Kier alpha value is -0.330. The second-order valence-corrected chi connectivity index (χ2v) is 5.10. The Kier molecular flexibility index (Phi) is 3.97. The lowest BCUT2D eigenvalue weighted by Gasteiger charge is -2.35. The fourth-order valence-corrected chi connectivity index (χ4v) is 2.45. The maximum atomic E-state index is 11.8. The number of hydrogen-bond donors (Lipinski definition) is 1. The van der Waals surface area contributed by atoms with Crippen molar-refractivity contribution in [3.8, 4) is 0 Å². The van der Waals surface area contributed by atoms with Gasteiger partial charge in [-0.1, -0.05) is 29.5 Å². The minimum absolute atomic E-state index is 0.0554. The molecule has 15 heavy (non-hydrogen) atoms. The van der Waals surface area contributed by atoms with Gasteiger partial charge in [0.05, 0.1) is 0 Å². The number of halogens is 1. The first-order chi connectivity index (χ1) is 6.95. The SMILES string of the molecule is CC[C@@](C)(C(N)=O)N1C[C@H](CI)CC1=O. The van der Waals surface area contributed by atoms with Gasteiger partial charge in [-0.05, 0) is 19.3 Å². The van der Waals surface area contributed by atoms with Crippen LogP contribution in [0.3, 0.4) is 0 Å². The van der Waals surface area contributed by atoms with Gasteiger partial charge in [0.15, 0.2) is 0 Å². The van der Waals surface area contributed by atoms with Crippen molar-refractivity contribution in [3.63, 3.8) is 0 Å². The molecule has 1 saturated heterocycles. The molecular weight excluding hydrogens is 307 g/mol. The van der Waals surface area contributed by atoms with Crippen LogP contribution in [0.2, 0.25) is 0 Å². The molecule has 0 unspecified atom stereocenters. The lowest BCUT2D eigenvalue weighted by molar-refractivity contribution is -0.142. The Bertz CT molecular complexity index is 283. The molecule has 0 radical (unpaired) electrons. The third-order valence-electron chi connectivity index (χ3n) is 3.24. The van der Waals surface area contributed by atoms with Gasteiger partial charge in [0.1, 0.15) is 5.54 Å². The molecule has 5 heteroatoms. The summed E-state index contributed by atoms with van der Waals surface area (Å²) in [6.07, 6.45) is 1.12. The number of rotatable bonds is 4. The number of hydrogen-bond acceptors (Lipinski definition) is 2. The van der Waals surface area contributed by atoms with Crippen LogP contribution < -0.4 is 5.73 Å². The number of likely N-dealkylation sites (tertiary alicyclic amines) is 1. The standard InChI is InChI=1S/C10H17IN2O2/c1-3-10(2,9(12)15)13-6-7(5-11)4-8(13)14/h7H,3-6H2,1-2H3,(H2,12,15)/t7-,10-/m0/s1. The van der Waals surface area contributed by atoms with Gasteiger partial charge in [-0.25, -0.2) is 0 Å². The Labute approximate surface area is 104 Å². The summed E-state index contributed by atoms with van der Waals surface area (Å²) in [6, 6.07) is 0. The topological polar surface area (TPSA) is 63.4 Å². The monoisotopic (exact) mass is 324 g/mol. The zero-order valence-corrected chi connectivity index (χ0v) is 11.3. The average molecular weight is 324 g/mol. The highest BCUT2D eigenvalue weighted by Crippen LogP contribution is 2.29. The third kappa shape index (κ3) is 2.26. The Balaban J connectivity index is 2.87. The van der Waals surface area contributed by atoms with E-state index in [9.17, 15) is 9.59 Å². The predicted octanol–water partition coefficient (Wildman–Crippen LogP) is 0.924. The molecule has 0 aromatic heterocycles. The largest absolute Gasteiger partial charge is 0.368 e. The van der Waals surface area contributed by atoms with Crippen molar-refractivity contribution < 1.29 is 9.59 Å². The van der Waals surface area contributed by atoms with E-state index < -0.39 is 11.4 Å². The summed E-state index contributed by atoms with van der Waals surface area (Å²) < 4.78 is 0.943. The first-order valence-electron chi connectivity index (χ1n) is 5.12. The number of amides is 2. The molecule has 1 rings (SSSR count). The minimum Gasteiger partial charge on any atom is -0.368 e. The van der Waals surface area contributed by atoms with E-state index >= 15 is 0 Å². The first-order valence-corrected chi connectivity index (χ1v) is 6.64. The highest BCUT2D eigenvalue weighted by atomic mass is 127. The molecule has 0 spiro atoms. The normalized spacial score (nSPS) is 25.4. The van der Waals surface area contributed by atoms with E-state index in [-0.39, 0.29) is 5.91 Å². The molecule has 2 amide bonds. The van der Waals surface area contributed by atoms with E-state index in [2.05, 4.69) is 22.6 Å². The zero-order chi connectivity index (χ0) is 11.6. The summed E-state index contributed by atoms with van der Waals surface area (Å²) >= 11 is 2.27. The quantitative estimate of drug-likeness (QED) is 0.617. The van der Waals surface area contributed by atoms with Crippen molar-refractivity contribution in [2.45, 2.75) is 32.2 Å². The van der Waals surface area contributed by atoms with Crippen molar-refractivity contribution in [2.24, 2.45) is 11.7 Å². The molecule has 1 fully saturated rings.